The number of carbonyl (C=O) groups is 1. The molecule has 88 valence electrons. The summed E-state index contributed by atoms with van der Waals surface area (Å²) in [5, 5.41) is 0. The highest BCUT2D eigenvalue weighted by Gasteiger charge is 2.13. The van der Waals surface area contributed by atoms with E-state index in [1.165, 1.54) is 5.56 Å². The monoisotopic (exact) mass is 221 g/mol. The highest BCUT2D eigenvalue weighted by Crippen LogP contribution is 2.16. The lowest BCUT2D eigenvalue weighted by Gasteiger charge is -2.20. The summed E-state index contributed by atoms with van der Waals surface area (Å²) in [6.07, 6.45) is 0.723. The van der Waals surface area contributed by atoms with Gasteiger partial charge in [-0.3, -0.25) is 4.90 Å². The number of rotatable bonds is 4. The molecule has 0 unspecified atom stereocenters. The molecule has 3 nitrogen and oxygen atoms in total. The average Bonchev–Trinajstić information content (AvgIpc) is 2.31. The summed E-state index contributed by atoms with van der Waals surface area (Å²) < 4.78 is 4.99. The molecule has 1 aromatic carbocycles. The minimum Gasteiger partial charge on any atom is -0.449 e. The number of nitrogens with zero attached hydrogens (tertiary/aromatic N) is 1. The lowest BCUT2D eigenvalue weighted by atomic mass is 10.1. The van der Waals surface area contributed by atoms with E-state index >= 15 is 0 Å². The number of carbonyl (C=O) groups excluding carboxylic acids is 1. The van der Waals surface area contributed by atoms with E-state index in [2.05, 4.69) is 6.92 Å². The molecule has 0 N–H and O–H groups in total. The van der Waals surface area contributed by atoms with Crippen molar-refractivity contribution in [3.05, 3.63) is 29.8 Å². The molecule has 1 aromatic rings. The Morgan fingerprint density at radius 3 is 2.25 bits per heavy atom. The van der Waals surface area contributed by atoms with Gasteiger partial charge in [0.05, 0.1) is 6.61 Å². The summed E-state index contributed by atoms with van der Waals surface area (Å²) in [4.78, 5) is 13.3. The van der Waals surface area contributed by atoms with Gasteiger partial charge in [-0.25, -0.2) is 4.79 Å². The van der Waals surface area contributed by atoms with Crippen LogP contribution in [-0.2, 0) is 11.2 Å². The van der Waals surface area contributed by atoms with E-state index in [1.807, 2.05) is 38.1 Å². The Morgan fingerprint density at radius 2 is 1.81 bits per heavy atom. The molecule has 0 saturated carbocycles. The number of hydrogen-bond donors (Lipinski definition) is 0. The first kappa shape index (κ1) is 12.6. The van der Waals surface area contributed by atoms with E-state index in [-0.39, 0.29) is 6.09 Å². The van der Waals surface area contributed by atoms with Crippen molar-refractivity contribution < 1.29 is 9.53 Å². The van der Waals surface area contributed by atoms with Gasteiger partial charge in [0.15, 0.2) is 0 Å². The van der Waals surface area contributed by atoms with Gasteiger partial charge in [0.25, 0.3) is 0 Å². The smallest absolute Gasteiger partial charge is 0.414 e. The highest BCUT2D eigenvalue weighted by atomic mass is 16.6. The van der Waals surface area contributed by atoms with E-state index in [0.29, 0.717) is 13.2 Å². The third kappa shape index (κ3) is 2.99. The van der Waals surface area contributed by atoms with Crippen LogP contribution in [0.2, 0.25) is 0 Å². The topological polar surface area (TPSA) is 29.5 Å². The fraction of sp³-hybridized carbons (Fsp3) is 0.462. The Labute approximate surface area is 97.0 Å². The van der Waals surface area contributed by atoms with Crippen molar-refractivity contribution >= 4 is 11.8 Å². The fourth-order valence-corrected chi connectivity index (χ4v) is 1.53. The molecule has 0 radical (unpaired) electrons. The molecular weight excluding hydrogens is 202 g/mol. The Bertz CT molecular complexity index is 332. The second-order valence-corrected chi connectivity index (χ2v) is 3.46. The first-order valence-electron chi connectivity index (χ1n) is 5.76. The maximum Gasteiger partial charge on any atom is 0.414 e. The molecule has 3 heteroatoms. The zero-order valence-corrected chi connectivity index (χ0v) is 10.2. The van der Waals surface area contributed by atoms with Crippen molar-refractivity contribution in [2.45, 2.75) is 27.2 Å². The molecule has 0 saturated heterocycles. The van der Waals surface area contributed by atoms with Gasteiger partial charge in [-0.05, 0) is 38.0 Å². The van der Waals surface area contributed by atoms with Crippen LogP contribution >= 0.6 is 0 Å². The summed E-state index contributed by atoms with van der Waals surface area (Å²) in [6, 6.07) is 7.99. The first-order valence-corrected chi connectivity index (χ1v) is 5.76. The molecule has 0 fully saturated rings. The second-order valence-electron chi connectivity index (χ2n) is 3.46. The largest absolute Gasteiger partial charge is 0.449 e. The predicted molar refractivity (Wildman–Crippen MR) is 65.9 cm³/mol. The zero-order valence-electron chi connectivity index (χ0n) is 10.2. The van der Waals surface area contributed by atoms with Crippen LogP contribution in [0.1, 0.15) is 26.3 Å². The van der Waals surface area contributed by atoms with Crippen molar-refractivity contribution in [1.82, 2.24) is 0 Å². The quantitative estimate of drug-likeness (QED) is 0.781. The molecule has 0 bridgehead atoms. The number of amides is 1. The second kappa shape index (κ2) is 6.16. The van der Waals surface area contributed by atoms with Crippen LogP contribution in [0, 0.1) is 0 Å². The van der Waals surface area contributed by atoms with Gasteiger partial charge >= 0.3 is 6.09 Å². The van der Waals surface area contributed by atoms with Gasteiger partial charge in [0.2, 0.25) is 0 Å². The summed E-state index contributed by atoms with van der Waals surface area (Å²) in [5.74, 6) is 0. The van der Waals surface area contributed by atoms with E-state index in [0.717, 1.165) is 12.1 Å². The summed E-state index contributed by atoms with van der Waals surface area (Å²) in [5.41, 5.74) is 2.15. The molecule has 16 heavy (non-hydrogen) atoms. The van der Waals surface area contributed by atoms with Gasteiger partial charge in [-0.1, -0.05) is 19.1 Å². The maximum atomic E-state index is 11.6. The van der Waals surface area contributed by atoms with E-state index in [4.69, 9.17) is 4.74 Å². The van der Waals surface area contributed by atoms with Crippen LogP contribution < -0.4 is 4.90 Å². The average molecular weight is 221 g/mol. The Morgan fingerprint density at radius 1 is 1.19 bits per heavy atom. The number of hydrogen-bond acceptors (Lipinski definition) is 2. The van der Waals surface area contributed by atoms with Gasteiger partial charge in [0, 0.05) is 12.2 Å². The van der Waals surface area contributed by atoms with Crippen molar-refractivity contribution in [2.24, 2.45) is 0 Å². The summed E-state index contributed by atoms with van der Waals surface area (Å²) in [6.45, 7) is 6.88. The minimum atomic E-state index is -0.283. The molecule has 0 aromatic heterocycles. The van der Waals surface area contributed by atoms with Gasteiger partial charge in [-0.15, -0.1) is 0 Å². The molecule has 0 spiro atoms. The fourth-order valence-electron chi connectivity index (χ4n) is 1.53. The molecule has 0 aliphatic heterocycles. The molecule has 0 atom stereocenters. The van der Waals surface area contributed by atoms with E-state index in [9.17, 15) is 4.79 Å². The minimum absolute atomic E-state index is 0.283. The summed E-state index contributed by atoms with van der Waals surface area (Å²) in [7, 11) is 0. The molecule has 0 heterocycles. The number of anilines is 1. The predicted octanol–water partition coefficient (Wildman–Crippen LogP) is 3.23. The normalized spacial score (nSPS) is 9.94. The van der Waals surface area contributed by atoms with Crippen LogP contribution in [0.15, 0.2) is 24.3 Å². The molecule has 0 aliphatic carbocycles. The third-order valence-electron chi connectivity index (χ3n) is 2.46. The van der Waals surface area contributed by atoms with Crippen molar-refractivity contribution in [3.63, 3.8) is 0 Å². The van der Waals surface area contributed by atoms with Crippen molar-refractivity contribution in [2.75, 3.05) is 18.1 Å². The van der Waals surface area contributed by atoms with Crippen molar-refractivity contribution in [1.29, 1.82) is 0 Å². The van der Waals surface area contributed by atoms with E-state index in [1.54, 1.807) is 4.90 Å². The van der Waals surface area contributed by atoms with Gasteiger partial charge in [0.1, 0.15) is 0 Å². The van der Waals surface area contributed by atoms with Crippen LogP contribution in [0.5, 0.6) is 0 Å². The molecular formula is C13H19NO2. The SMILES string of the molecule is CCOC(=O)N(CC)c1ccc(CC)cc1. The third-order valence-corrected chi connectivity index (χ3v) is 2.46. The highest BCUT2D eigenvalue weighted by molar-refractivity contribution is 5.87. The van der Waals surface area contributed by atoms with Gasteiger partial charge < -0.3 is 4.74 Å². The molecule has 1 rings (SSSR count). The first-order chi connectivity index (χ1) is 7.72. The number of aryl methyl sites for hydroxylation is 1. The van der Waals surface area contributed by atoms with Gasteiger partial charge in [-0.2, -0.15) is 0 Å². The Hall–Kier alpha value is -1.51. The lowest BCUT2D eigenvalue weighted by molar-refractivity contribution is 0.160. The Kier molecular flexibility index (Phi) is 4.83. The lowest BCUT2D eigenvalue weighted by Crippen LogP contribution is -2.31. The Balaban J connectivity index is 2.82. The maximum absolute atomic E-state index is 11.6. The molecule has 1 amide bonds. The van der Waals surface area contributed by atoms with Crippen molar-refractivity contribution in [3.8, 4) is 0 Å². The van der Waals surface area contributed by atoms with Crippen LogP contribution in [-0.4, -0.2) is 19.2 Å². The van der Waals surface area contributed by atoms with E-state index < -0.39 is 0 Å². The van der Waals surface area contributed by atoms with Crippen LogP contribution in [0.3, 0.4) is 0 Å². The number of ether oxygens (including phenoxy) is 1. The molecule has 0 aliphatic rings. The summed E-state index contributed by atoms with van der Waals surface area (Å²) >= 11 is 0. The van der Waals surface area contributed by atoms with Crippen LogP contribution in [0.4, 0.5) is 10.5 Å². The van der Waals surface area contributed by atoms with Crippen LogP contribution in [0.25, 0.3) is 0 Å². The zero-order chi connectivity index (χ0) is 12.0. The number of benzene rings is 1. The standard InChI is InChI=1S/C13H19NO2/c1-4-11-7-9-12(10-8-11)14(5-2)13(15)16-6-3/h7-10H,4-6H2,1-3H3.